The van der Waals surface area contributed by atoms with Gasteiger partial charge in [-0.1, -0.05) is 24.1 Å². The van der Waals surface area contributed by atoms with Crippen molar-refractivity contribution in [1.82, 2.24) is 4.72 Å². The molecule has 0 aromatic heterocycles. The molecule has 1 saturated carbocycles. The maximum atomic E-state index is 12.4. The Labute approximate surface area is 119 Å². The van der Waals surface area contributed by atoms with Gasteiger partial charge in [0, 0.05) is 16.0 Å². The van der Waals surface area contributed by atoms with Crippen LogP contribution in [-0.4, -0.2) is 24.5 Å². The molecule has 3 nitrogen and oxygen atoms in total. The molecule has 0 unspecified atom stereocenters. The highest BCUT2D eigenvalue weighted by molar-refractivity contribution is 8.03. The van der Waals surface area contributed by atoms with E-state index in [1.54, 1.807) is 12.1 Å². The second kappa shape index (κ2) is 4.50. The fraction of sp³-hybridized carbons (Fsp3) is 0.571. The summed E-state index contributed by atoms with van der Waals surface area (Å²) >= 11 is 1.94. The zero-order chi connectivity index (χ0) is 13.7. The predicted octanol–water partition coefficient (Wildman–Crippen LogP) is 2.70. The van der Waals surface area contributed by atoms with Crippen molar-refractivity contribution in [1.29, 1.82) is 0 Å². The van der Waals surface area contributed by atoms with Gasteiger partial charge in [0.2, 0.25) is 10.0 Å². The number of aryl methyl sites for hydroxylation is 1. The van der Waals surface area contributed by atoms with Crippen LogP contribution in [0.3, 0.4) is 0 Å². The lowest BCUT2D eigenvalue weighted by atomic mass is 9.83. The molecule has 0 amide bonds. The number of thioether (sulfide) groups is 1. The molecule has 0 spiro atoms. The van der Waals surface area contributed by atoms with Gasteiger partial charge in [-0.3, -0.25) is 0 Å². The molecule has 1 N–H and O–H groups in total. The van der Waals surface area contributed by atoms with Crippen LogP contribution in [0.25, 0.3) is 0 Å². The number of fused-ring (bicyclic) bond motifs is 2. The Kier molecular flexibility index (Phi) is 3.19. The number of sulfonamides is 1. The summed E-state index contributed by atoms with van der Waals surface area (Å²) in [4.78, 5) is 0.372. The van der Waals surface area contributed by atoms with E-state index in [-0.39, 0.29) is 10.8 Å². The average molecular weight is 297 g/mol. The van der Waals surface area contributed by atoms with Crippen molar-refractivity contribution in [2.24, 2.45) is 0 Å². The molecule has 1 aliphatic carbocycles. The lowest BCUT2D eigenvalue weighted by molar-refractivity contribution is 0.312. The standard InChI is InChI=1S/C14H19NO2S2/c1-10-5-7-11(8-6-10)19(16,17)15-13-12-4-3-9-14(13,2)18-12/h5-8,12-13,15H,3-4,9H2,1-2H3/t12-,13+,14+/m1/s1. The summed E-state index contributed by atoms with van der Waals surface area (Å²) in [6, 6.07) is 7.14. The third-order valence-electron chi connectivity index (χ3n) is 4.23. The Bertz CT molecular complexity index is 578. The Morgan fingerprint density at radius 3 is 2.58 bits per heavy atom. The van der Waals surface area contributed by atoms with Crippen LogP contribution >= 0.6 is 11.8 Å². The second-order valence-electron chi connectivity index (χ2n) is 5.77. The van der Waals surface area contributed by atoms with Crippen LogP contribution in [0.5, 0.6) is 0 Å². The smallest absolute Gasteiger partial charge is 0.207 e. The number of rotatable bonds is 3. The highest BCUT2D eigenvalue weighted by Crippen LogP contribution is 2.56. The van der Waals surface area contributed by atoms with Crippen molar-refractivity contribution in [3.63, 3.8) is 0 Å². The van der Waals surface area contributed by atoms with Crippen molar-refractivity contribution in [2.75, 3.05) is 0 Å². The van der Waals surface area contributed by atoms with Crippen LogP contribution in [0.2, 0.25) is 0 Å². The van der Waals surface area contributed by atoms with E-state index >= 15 is 0 Å². The highest BCUT2D eigenvalue weighted by Gasteiger charge is 2.55. The monoisotopic (exact) mass is 297 g/mol. The molecule has 2 fully saturated rings. The summed E-state index contributed by atoms with van der Waals surface area (Å²) < 4.78 is 27.8. The molecule has 1 heterocycles. The third-order valence-corrected chi connectivity index (χ3v) is 7.49. The van der Waals surface area contributed by atoms with Crippen LogP contribution in [-0.2, 0) is 10.0 Å². The van der Waals surface area contributed by atoms with Crippen molar-refractivity contribution >= 4 is 21.8 Å². The van der Waals surface area contributed by atoms with Crippen molar-refractivity contribution in [2.45, 2.75) is 54.0 Å². The van der Waals surface area contributed by atoms with E-state index in [0.717, 1.165) is 18.4 Å². The first-order valence-corrected chi connectivity index (χ1v) is 9.04. The molecule has 3 atom stereocenters. The topological polar surface area (TPSA) is 46.2 Å². The maximum Gasteiger partial charge on any atom is 0.240 e. The zero-order valence-electron chi connectivity index (χ0n) is 11.2. The molecular formula is C14H19NO2S2. The molecule has 3 rings (SSSR count). The zero-order valence-corrected chi connectivity index (χ0v) is 12.9. The van der Waals surface area contributed by atoms with Gasteiger partial charge in [-0.05, 0) is 38.8 Å². The minimum absolute atomic E-state index is 0.0950. The van der Waals surface area contributed by atoms with Gasteiger partial charge in [-0.15, -0.1) is 11.8 Å². The maximum absolute atomic E-state index is 12.4. The van der Waals surface area contributed by atoms with Gasteiger partial charge in [0.15, 0.2) is 0 Å². The van der Waals surface area contributed by atoms with Crippen LogP contribution in [0.4, 0.5) is 0 Å². The van der Waals surface area contributed by atoms with E-state index in [2.05, 4.69) is 11.6 Å². The fourth-order valence-corrected chi connectivity index (χ4v) is 6.49. The third kappa shape index (κ3) is 2.32. The second-order valence-corrected chi connectivity index (χ2v) is 9.26. The van der Waals surface area contributed by atoms with Gasteiger partial charge < -0.3 is 0 Å². The number of nitrogens with one attached hydrogen (secondary N) is 1. The van der Waals surface area contributed by atoms with E-state index in [4.69, 9.17) is 0 Å². The SMILES string of the molecule is Cc1ccc(S(=O)(=O)N[C@H]2[C@H]3CCC[C@]2(C)S3)cc1. The first-order chi connectivity index (χ1) is 8.91. The van der Waals surface area contributed by atoms with Gasteiger partial charge in [0.1, 0.15) is 0 Å². The number of hydrogen-bond acceptors (Lipinski definition) is 3. The Morgan fingerprint density at radius 2 is 2.00 bits per heavy atom. The Balaban J connectivity index is 1.81. The highest BCUT2D eigenvalue weighted by atomic mass is 32.2. The first kappa shape index (κ1) is 13.5. The predicted molar refractivity (Wildman–Crippen MR) is 78.9 cm³/mol. The summed E-state index contributed by atoms with van der Waals surface area (Å²) in [5.41, 5.74) is 1.07. The molecular weight excluding hydrogens is 278 g/mol. The van der Waals surface area contributed by atoms with Gasteiger partial charge >= 0.3 is 0 Å². The van der Waals surface area contributed by atoms with Crippen LogP contribution in [0.15, 0.2) is 29.2 Å². The molecule has 5 heteroatoms. The normalized spacial score (nSPS) is 33.8. The molecule has 19 heavy (non-hydrogen) atoms. The lowest BCUT2D eigenvalue weighted by Gasteiger charge is -2.56. The summed E-state index contributed by atoms with van der Waals surface area (Å²) in [6.07, 6.45) is 3.45. The molecule has 104 valence electrons. The molecule has 1 saturated heterocycles. The molecule has 2 aliphatic rings. The van der Waals surface area contributed by atoms with Gasteiger partial charge in [-0.2, -0.15) is 0 Å². The van der Waals surface area contributed by atoms with E-state index in [0.29, 0.717) is 10.1 Å². The van der Waals surface area contributed by atoms with Crippen molar-refractivity contribution in [3.8, 4) is 0 Å². The average Bonchev–Trinajstić information content (AvgIpc) is 2.37. The quantitative estimate of drug-likeness (QED) is 0.933. The van der Waals surface area contributed by atoms with Crippen LogP contribution in [0, 0.1) is 6.92 Å². The summed E-state index contributed by atoms with van der Waals surface area (Å²) in [5.74, 6) is 0. The van der Waals surface area contributed by atoms with Gasteiger partial charge in [0.05, 0.1) is 4.90 Å². The summed E-state index contributed by atoms with van der Waals surface area (Å²) in [6.45, 7) is 4.13. The lowest BCUT2D eigenvalue weighted by Crippen LogP contribution is -2.65. The molecule has 0 radical (unpaired) electrons. The fourth-order valence-electron chi connectivity index (χ4n) is 3.06. The molecule has 2 bridgehead atoms. The first-order valence-electron chi connectivity index (χ1n) is 6.68. The van der Waals surface area contributed by atoms with Crippen molar-refractivity contribution in [3.05, 3.63) is 29.8 Å². The number of hydrogen-bond donors (Lipinski definition) is 1. The summed E-state index contributed by atoms with van der Waals surface area (Å²) in [5, 5.41) is 0.457. The van der Waals surface area contributed by atoms with Gasteiger partial charge in [-0.25, -0.2) is 13.1 Å². The van der Waals surface area contributed by atoms with Crippen LogP contribution in [0.1, 0.15) is 31.7 Å². The van der Waals surface area contributed by atoms with E-state index < -0.39 is 10.0 Å². The summed E-state index contributed by atoms with van der Waals surface area (Å²) in [7, 11) is -3.38. The minimum atomic E-state index is -3.38. The minimum Gasteiger partial charge on any atom is -0.207 e. The number of benzene rings is 1. The van der Waals surface area contributed by atoms with Crippen molar-refractivity contribution < 1.29 is 8.42 Å². The molecule has 1 aromatic rings. The van der Waals surface area contributed by atoms with E-state index in [1.165, 1.54) is 6.42 Å². The van der Waals surface area contributed by atoms with Crippen LogP contribution < -0.4 is 4.72 Å². The van der Waals surface area contributed by atoms with E-state index in [9.17, 15) is 8.42 Å². The van der Waals surface area contributed by atoms with E-state index in [1.807, 2.05) is 30.8 Å². The molecule has 1 aliphatic heterocycles. The van der Waals surface area contributed by atoms with Gasteiger partial charge in [0.25, 0.3) is 0 Å². The Hall–Kier alpha value is -0.520. The largest absolute Gasteiger partial charge is 0.240 e. The Morgan fingerprint density at radius 1 is 1.32 bits per heavy atom. The molecule has 1 aromatic carbocycles.